The predicted octanol–water partition coefficient (Wildman–Crippen LogP) is 4.37. The van der Waals surface area contributed by atoms with Crippen LogP contribution in [0.2, 0.25) is 0 Å². The minimum atomic E-state index is -0.141. The van der Waals surface area contributed by atoms with E-state index in [0.29, 0.717) is 12.2 Å². The highest BCUT2D eigenvalue weighted by Gasteiger charge is 2.17. The van der Waals surface area contributed by atoms with Gasteiger partial charge in [-0.3, -0.25) is 9.59 Å². The Labute approximate surface area is 161 Å². The first-order valence-electron chi connectivity index (χ1n) is 9.03. The summed E-state index contributed by atoms with van der Waals surface area (Å²) in [6.45, 7) is 8.28. The molecule has 0 aliphatic carbocycles. The first-order chi connectivity index (χ1) is 12.7. The maximum absolute atomic E-state index is 12.2. The van der Waals surface area contributed by atoms with E-state index in [1.807, 2.05) is 24.3 Å². The molecule has 144 valence electrons. The third kappa shape index (κ3) is 5.84. The number of ether oxygens (including phenoxy) is 1. The lowest BCUT2D eigenvalue weighted by Crippen LogP contribution is -2.32. The van der Waals surface area contributed by atoms with Crippen LogP contribution >= 0.6 is 0 Å². The number of methoxy groups -OCH3 is 1. The van der Waals surface area contributed by atoms with Crippen molar-refractivity contribution in [3.05, 3.63) is 54.1 Å². The monoisotopic (exact) mass is 368 g/mol. The summed E-state index contributed by atoms with van der Waals surface area (Å²) in [5.41, 5.74) is 2.75. The van der Waals surface area contributed by atoms with Crippen LogP contribution < -0.4 is 15.0 Å². The van der Waals surface area contributed by atoms with Crippen molar-refractivity contribution < 1.29 is 14.3 Å². The van der Waals surface area contributed by atoms with Gasteiger partial charge in [0, 0.05) is 31.3 Å². The fourth-order valence-electron chi connectivity index (χ4n) is 2.72. The number of carbonyl (C=O) groups is 2. The van der Waals surface area contributed by atoms with Gasteiger partial charge in [-0.05, 0) is 47.4 Å². The molecule has 2 amide bonds. The number of rotatable bonds is 6. The van der Waals surface area contributed by atoms with Crippen LogP contribution in [0.4, 0.5) is 11.4 Å². The van der Waals surface area contributed by atoms with Gasteiger partial charge in [-0.25, -0.2) is 0 Å². The summed E-state index contributed by atoms with van der Waals surface area (Å²) in [5, 5.41) is 2.84. The fourth-order valence-corrected chi connectivity index (χ4v) is 2.72. The number of nitrogens with zero attached hydrogens (tertiary/aromatic N) is 1. The molecule has 2 aromatic rings. The molecule has 0 saturated heterocycles. The van der Waals surface area contributed by atoms with Crippen molar-refractivity contribution in [2.75, 3.05) is 23.9 Å². The predicted molar refractivity (Wildman–Crippen MR) is 109 cm³/mol. The number of amides is 2. The largest absolute Gasteiger partial charge is 0.497 e. The highest BCUT2D eigenvalue weighted by Crippen LogP contribution is 2.25. The van der Waals surface area contributed by atoms with Crippen molar-refractivity contribution in [1.82, 2.24) is 0 Å². The summed E-state index contributed by atoms with van der Waals surface area (Å²) >= 11 is 0. The molecule has 0 aliphatic rings. The lowest BCUT2D eigenvalue weighted by molar-refractivity contribution is -0.117. The molecule has 27 heavy (non-hydrogen) atoms. The van der Waals surface area contributed by atoms with Gasteiger partial charge in [0.15, 0.2) is 0 Å². The average Bonchev–Trinajstić information content (AvgIpc) is 2.62. The maximum Gasteiger partial charge on any atom is 0.226 e. The molecule has 0 bridgehead atoms. The Morgan fingerprint density at radius 2 is 1.59 bits per heavy atom. The SMILES string of the molecule is COc1ccc(NC(=O)CCN(C(C)=O)c2ccc(C(C)(C)C)cc2)cc1. The summed E-state index contributed by atoms with van der Waals surface area (Å²) in [5.74, 6) is 0.503. The second-order valence-electron chi connectivity index (χ2n) is 7.49. The van der Waals surface area contributed by atoms with E-state index in [1.54, 1.807) is 36.3 Å². The molecule has 0 spiro atoms. The molecule has 0 saturated carbocycles. The third-order valence-corrected chi connectivity index (χ3v) is 4.36. The Balaban J connectivity index is 1.99. The van der Waals surface area contributed by atoms with Gasteiger partial charge in [-0.1, -0.05) is 32.9 Å². The second kappa shape index (κ2) is 8.71. The lowest BCUT2D eigenvalue weighted by Gasteiger charge is -2.23. The Morgan fingerprint density at radius 1 is 1.00 bits per heavy atom. The number of carbonyl (C=O) groups excluding carboxylic acids is 2. The number of hydrogen-bond acceptors (Lipinski definition) is 3. The number of hydrogen-bond donors (Lipinski definition) is 1. The van der Waals surface area contributed by atoms with Crippen LogP contribution in [0.15, 0.2) is 48.5 Å². The van der Waals surface area contributed by atoms with Gasteiger partial charge in [0.25, 0.3) is 0 Å². The highest BCUT2D eigenvalue weighted by molar-refractivity contribution is 5.94. The van der Waals surface area contributed by atoms with E-state index in [1.165, 1.54) is 12.5 Å². The smallest absolute Gasteiger partial charge is 0.226 e. The van der Waals surface area contributed by atoms with Gasteiger partial charge in [-0.2, -0.15) is 0 Å². The molecule has 2 aromatic carbocycles. The Kier molecular flexibility index (Phi) is 6.61. The first-order valence-corrected chi connectivity index (χ1v) is 9.03. The molecule has 5 nitrogen and oxygen atoms in total. The van der Waals surface area contributed by atoms with Crippen LogP contribution in [0, 0.1) is 0 Å². The third-order valence-electron chi connectivity index (χ3n) is 4.36. The Bertz CT molecular complexity index is 775. The van der Waals surface area contributed by atoms with Gasteiger partial charge in [0.1, 0.15) is 5.75 Å². The van der Waals surface area contributed by atoms with Crippen molar-refractivity contribution in [1.29, 1.82) is 0 Å². The van der Waals surface area contributed by atoms with Gasteiger partial charge < -0.3 is 15.0 Å². The van der Waals surface area contributed by atoms with Crippen molar-refractivity contribution in [2.45, 2.75) is 39.5 Å². The van der Waals surface area contributed by atoms with E-state index in [-0.39, 0.29) is 23.7 Å². The minimum Gasteiger partial charge on any atom is -0.497 e. The van der Waals surface area contributed by atoms with E-state index in [4.69, 9.17) is 4.74 Å². The summed E-state index contributed by atoms with van der Waals surface area (Å²) in [7, 11) is 1.60. The normalized spacial score (nSPS) is 11.0. The zero-order valence-electron chi connectivity index (χ0n) is 16.7. The lowest BCUT2D eigenvalue weighted by atomic mass is 9.87. The summed E-state index contributed by atoms with van der Waals surface area (Å²) in [6.07, 6.45) is 0.215. The molecule has 5 heteroatoms. The molecule has 0 aromatic heterocycles. The molecule has 0 fully saturated rings. The van der Waals surface area contributed by atoms with Crippen LogP contribution in [0.3, 0.4) is 0 Å². The number of benzene rings is 2. The minimum absolute atomic E-state index is 0.0534. The van der Waals surface area contributed by atoms with Gasteiger partial charge in [0.05, 0.1) is 7.11 Å². The fraction of sp³-hybridized carbons (Fsp3) is 0.364. The molecule has 2 rings (SSSR count). The van der Waals surface area contributed by atoms with Gasteiger partial charge >= 0.3 is 0 Å². The van der Waals surface area contributed by atoms with Crippen LogP contribution in [0.1, 0.15) is 39.7 Å². The Morgan fingerprint density at radius 3 is 2.07 bits per heavy atom. The average molecular weight is 368 g/mol. The molecular weight excluding hydrogens is 340 g/mol. The maximum atomic E-state index is 12.2. The molecule has 0 unspecified atom stereocenters. The van der Waals surface area contributed by atoms with Crippen molar-refractivity contribution in [3.8, 4) is 5.75 Å². The van der Waals surface area contributed by atoms with E-state index >= 15 is 0 Å². The van der Waals surface area contributed by atoms with E-state index in [2.05, 4.69) is 26.1 Å². The van der Waals surface area contributed by atoms with Crippen molar-refractivity contribution in [3.63, 3.8) is 0 Å². The molecule has 0 aliphatic heterocycles. The van der Waals surface area contributed by atoms with Crippen molar-refractivity contribution >= 4 is 23.2 Å². The topological polar surface area (TPSA) is 58.6 Å². The zero-order chi connectivity index (χ0) is 20.0. The first kappa shape index (κ1) is 20.5. The van der Waals surface area contributed by atoms with E-state index in [9.17, 15) is 9.59 Å². The summed E-state index contributed by atoms with van der Waals surface area (Å²) < 4.78 is 5.10. The van der Waals surface area contributed by atoms with Crippen LogP contribution in [0.5, 0.6) is 5.75 Å². The molecule has 1 N–H and O–H groups in total. The number of nitrogens with one attached hydrogen (secondary N) is 1. The van der Waals surface area contributed by atoms with Crippen LogP contribution in [0.25, 0.3) is 0 Å². The summed E-state index contributed by atoms with van der Waals surface area (Å²) in [4.78, 5) is 25.9. The van der Waals surface area contributed by atoms with Crippen LogP contribution in [-0.2, 0) is 15.0 Å². The van der Waals surface area contributed by atoms with Gasteiger partial charge in [-0.15, -0.1) is 0 Å². The van der Waals surface area contributed by atoms with Gasteiger partial charge in [0.2, 0.25) is 11.8 Å². The second-order valence-corrected chi connectivity index (χ2v) is 7.49. The quantitative estimate of drug-likeness (QED) is 0.823. The standard InChI is InChI=1S/C22H28N2O3/c1-16(25)24(19-10-6-17(7-11-19)22(2,3)4)15-14-21(26)23-18-8-12-20(27-5)13-9-18/h6-13H,14-15H2,1-5H3,(H,23,26). The van der Waals surface area contributed by atoms with E-state index < -0.39 is 0 Å². The molecule has 0 heterocycles. The van der Waals surface area contributed by atoms with Crippen molar-refractivity contribution in [2.24, 2.45) is 0 Å². The van der Waals surface area contributed by atoms with Crippen LogP contribution in [-0.4, -0.2) is 25.5 Å². The van der Waals surface area contributed by atoms with E-state index in [0.717, 1.165) is 11.4 Å². The number of anilines is 2. The molecule has 0 atom stereocenters. The molecule has 0 radical (unpaired) electrons. The Hall–Kier alpha value is -2.82. The molecular formula is C22H28N2O3. The summed E-state index contributed by atoms with van der Waals surface area (Å²) in [6, 6.07) is 15.1. The zero-order valence-corrected chi connectivity index (χ0v) is 16.7. The highest BCUT2D eigenvalue weighted by atomic mass is 16.5.